The van der Waals surface area contributed by atoms with Crippen molar-refractivity contribution >= 4 is 0 Å². The van der Waals surface area contributed by atoms with E-state index in [1.807, 2.05) is 0 Å². The summed E-state index contributed by atoms with van der Waals surface area (Å²) >= 11 is 0. The van der Waals surface area contributed by atoms with Crippen LogP contribution < -0.4 is 5.32 Å². The molecule has 0 spiro atoms. The number of benzene rings is 1. The molecule has 0 radical (unpaired) electrons. The smallest absolute Gasteiger partial charge is 0.314 e. The second-order valence-corrected chi connectivity index (χ2v) is 4.96. The highest BCUT2D eigenvalue weighted by molar-refractivity contribution is 5.29. The molecule has 0 amide bonds. The summed E-state index contributed by atoms with van der Waals surface area (Å²) in [5, 5.41) is 2.86. The minimum absolute atomic E-state index is 0.0324. The normalized spacial score (nSPS) is 19.2. The van der Waals surface area contributed by atoms with E-state index in [2.05, 4.69) is 5.32 Å². The van der Waals surface area contributed by atoms with Gasteiger partial charge in [0.25, 0.3) is 0 Å². The second-order valence-electron chi connectivity index (χ2n) is 4.96. The first-order valence-electron chi connectivity index (χ1n) is 6.49. The number of nitrogens with zero attached hydrogens (tertiary/aromatic N) is 1. The van der Waals surface area contributed by atoms with Crippen LogP contribution in [0.25, 0.3) is 0 Å². The first-order valence-corrected chi connectivity index (χ1v) is 6.49. The van der Waals surface area contributed by atoms with Crippen molar-refractivity contribution in [2.75, 3.05) is 26.2 Å². The Bertz CT molecular complexity index is 518. The van der Waals surface area contributed by atoms with Crippen molar-refractivity contribution in [3.63, 3.8) is 0 Å². The predicted molar refractivity (Wildman–Crippen MR) is 64.6 cm³/mol. The molecule has 2 rings (SSSR count). The molecule has 124 valence electrons. The molecule has 1 N–H and O–H groups in total. The highest BCUT2D eigenvalue weighted by Crippen LogP contribution is 2.40. The zero-order valence-electron chi connectivity index (χ0n) is 11.2. The number of nitrogens with one attached hydrogen (secondary N) is 1. The van der Waals surface area contributed by atoms with Crippen LogP contribution in [-0.2, 0) is 6.18 Å². The maximum Gasteiger partial charge on any atom is 0.416 e. The monoisotopic (exact) mass is 330 g/mol. The molecule has 0 aromatic heterocycles. The molecule has 1 fully saturated rings. The van der Waals surface area contributed by atoms with Gasteiger partial charge < -0.3 is 5.32 Å². The van der Waals surface area contributed by atoms with Crippen molar-refractivity contribution in [1.29, 1.82) is 0 Å². The predicted octanol–water partition coefficient (Wildman–Crippen LogP) is 3.35. The lowest BCUT2D eigenvalue weighted by Crippen LogP contribution is -2.49. The SMILES string of the molecule is Fc1cc(C(F)(F)F)ccc1[C@@H](N1CCNCC1)C(F)(F)F. The van der Waals surface area contributed by atoms with Crippen molar-refractivity contribution in [1.82, 2.24) is 10.2 Å². The highest BCUT2D eigenvalue weighted by Gasteiger charge is 2.46. The molecule has 1 heterocycles. The summed E-state index contributed by atoms with van der Waals surface area (Å²) in [5.41, 5.74) is -2.10. The summed E-state index contributed by atoms with van der Waals surface area (Å²) < 4.78 is 91.1. The maximum atomic E-state index is 13.9. The van der Waals surface area contributed by atoms with E-state index < -0.39 is 35.3 Å². The zero-order chi connectivity index (χ0) is 16.5. The van der Waals surface area contributed by atoms with E-state index in [4.69, 9.17) is 0 Å². The number of alkyl halides is 6. The third-order valence-electron chi connectivity index (χ3n) is 3.45. The molecule has 1 aliphatic heterocycles. The first kappa shape index (κ1) is 17.0. The van der Waals surface area contributed by atoms with Crippen molar-refractivity contribution in [3.8, 4) is 0 Å². The second kappa shape index (κ2) is 6.04. The Morgan fingerprint density at radius 3 is 2.05 bits per heavy atom. The molecule has 2 nitrogen and oxygen atoms in total. The molecule has 1 saturated heterocycles. The fourth-order valence-electron chi connectivity index (χ4n) is 2.45. The molecule has 0 bridgehead atoms. The summed E-state index contributed by atoms with van der Waals surface area (Å²) in [6.45, 7) is 0.666. The molecular formula is C13H13F7N2. The Hall–Kier alpha value is -1.35. The van der Waals surface area contributed by atoms with Crippen molar-refractivity contribution in [2.24, 2.45) is 0 Å². The van der Waals surface area contributed by atoms with Crippen LogP contribution in [-0.4, -0.2) is 37.3 Å². The lowest BCUT2D eigenvalue weighted by molar-refractivity contribution is -0.188. The maximum absolute atomic E-state index is 13.9. The number of rotatable bonds is 2. The average molecular weight is 330 g/mol. The largest absolute Gasteiger partial charge is 0.416 e. The Morgan fingerprint density at radius 1 is 1.00 bits per heavy atom. The molecule has 1 aromatic carbocycles. The van der Waals surface area contributed by atoms with Gasteiger partial charge in [0.2, 0.25) is 0 Å². The van der Waals surface area contributed by atoms with Crippen LogP contribution in [0.5, 0.6) is 0 Å². The Kier molecular flexibility index (Phi) is 4.67. The van der Waals surface area contributed by atoms with E-state index in [1.165, 1.54) is 0 Å². The molecule has 1 aliphatic rings. The van der Waals surface area contributed by atoms with E-state index in [9.17, 15) is 30.7 Å². The standard InChI is InChI=1S/C13H13F7N2/c14-10-7-8(12(15,16)17)1-2-9(10)11(13(18,19)20)22-5-3-21-4-6-22/h1-2,7,11,21H,3-6H2/t11-/m1/s1. The van der Waals surface area contributed by atoms with Gasteiger partial charge in [-0.05, 0) is 12.1 Å². The van der Waals surface area contributed by atoms with Crippen LogP contribution in [0.3, 0.4) is 0 Å². The fourth-order valence-corrected chi connectivity index (χ4v) is 2.45. The van der Waals surface area contributed by atoms with Crippen LogP contribution in [0.2, 0.25) is 0 Å². The topological polar surface area (TPSA) is 15.3 Å². The molecular weight excluding hydrogens is 317 g/mol. The lowest BCUT2D eigenvalue weighted by Gasteiger charge is -2.36. The fraction of sp³-hybridized carbons (Fsp3) is 0.538. The average Bonchev–Trinajstić information content (AvgIpc) is 2.39. The number of halogens is 7. The molecule has 1 atom stereocenters. The lowest BCUT2D eigenvalue weighted by atomic mass is 10.0. The van der Waals surface area contributed by atoms with Gasteiger partial charge in [0.1, 0.15) is 11.9 Å². The third-order valence-corrected chi connectivity index (χ3v) is 3.45. The molecule has 22 heavy (non-hydrogen) atoms. The van der Waals surface area contributed by atoms with E-state index in [-0.39, 0.29) is 19.2 Å². The quantitative estimate of drug-likeness (QED) is 0.837. The Balaban J connectivity index is 2.40. The Labute approximate surface area is 121 Å². The highest BCUT2D eigenvalue weighted by atomic mass is 19.4. The van der Waals surface area contributed by atoms with Gasteiger partial charge in [-0.3, -0.25) is 4.90 Å². The van der Waals surface area contributed by atoms with Gasteiger partial charge >= 0.3 is 12.4 Å². The van der Waals surface area contributed by atoms with Gasteiger partial charge in [0.05, 0.1) is 5.56 Å². The van der Waals surface area contributed by atoms with Crippen LogP contribution in [0.1, 0.15) is 17.2 Å². The van der Waals surface area contributed by atoms with Crippen LogP contribution in [0, 0.1) is 5.82 Å². The summed E-state index contributed by atoms with van der Waals surface area (Å²) in [7, 11) is 0. The summed E-state index contributed by atoms with van der Waals surface area (Å²) in [4.78, 5) is 1.02. The van der Waals surface area contributed by atoms with Crippen molar-refractivity contribution < 1.29 is 30.7 Å². The minimum Gasteiger partial charge on any atom is -0.314 e. The van der Waals surface area contributed by atoms with Gasteiger partial charge in [0, 0.05) is 31.7 Å². The number of piperazine rings is 1. The van der Waals surface area contributed by atoms with Crippen molar-refractivity contribution in [2.45, 2.75) is 18.4 Å². The first-order chi connectivity index (χ1) is 10.1. The van der Waals surface area contributed by atoms with E-state index in [0.29, 0.717) is 25.2 Å². The molecule has 0 saturated carbocycles. The molecule has 0 aliphatic carbocycles. The summed E-state index contributed by atoms with van der Waals surface area (Å²) in [6, 6.07) is -1.11. The van der Waals surface area contributed by atoms with Crippen molar-refractivity contribution in [3.05, 3.63) is 35.1 Å². The van der Waals surface area contributed by atoms with Crippen LogP contribution >= 0.6 is 0 Å². The van der Waals surface area contributed by atoms with Crippen LogP contribution in [0.4, 0.5) is 30.7 Å². The number of hydrogen-bond donors (Lipinski definition) is 1. The van der Waals surface area contributed by atoms with Gasteiger partial charge in [0.15, 0.2) is 0 Å². The summed E-state index contributed by atoms with van der Waals surface area (Å²) in [5.74, 6) is -1.50. The molecule has 9 heteroatoms. The van der Waals surface area contributed by atoms with Gasteiger partial charge in [-0.2, -0.15) is 26.3 Å². The Morgan fingerprint density at radius 2 is 1.59 bits per heavy atom. The molecule has 1 aromatic rings. The van der Waals surface area contributed by atoms with Gasteiger partial charge in [-0.15, -0.1) is 0 Å². The zero-order valence-corrected chi connectivity index (χ0v) is 11.2. The summed E-state index contributed by atoms with van der Waals surface area (Å²) in [6.07, 6.45) is -9.58. The number of hydrogen-bond acceptors (Lipinski definition) is 2. The van der Waals surface area contributed by atoms with Gasteiger partial charge in [-0.1, -0.05) is 6.07 Å². The third kappa shape index (κ3) is 3.70. The van der Waals surface area contributed by atoms with Crippen LogP contribution in [0.15, 0.2) is 18.2 Å². The van der Waals surface area contributed by atoms with E-state index in [1.54, 1.807) is 0 Å². The van der Waals surface area contributed by atoms with E-state index >= 15 is 0 Å². The molecule has 0 unspecified atom stereocenters. The minimum atomic E-state index is -4.80. The van der Waals surface area contributed by atoms with Gasteiger partial charge in [-0.25, -0.2) is 4.39 Å². The van der Waals surface area contributed by atoms with E-state index in [0.717, 1.165) is 4.90 Å².